The molecule has 1 heterocycles. The molecule has 31 heavy (non-hydrogen) atoms. The third kappa shape index (κ3) is 8.20. The van der Waals surface area contributed by atoms with Crippen LogP contribution in [0.5, 0.6) is 0 Å². The second kappa shape index (κ2) is 10.1. The molecule has 6 nitrogen and oxygen atoms in total. The Kier molecular flexibility index (Phi) is 8.05. The number of carbonyl (C=O) groups excluding carboxylic acids is 2. The summed E-state index contributed by atoms with van der Waals surface area (Å²) < 4.78 is 45.9. The highest BCUT2D eigenvalue weighted by molar-refractivity contribution is 9.10. The lowest BCUT2D eigenvalue weighted by molar-refractivity contribution is -0.138. The van der Waals surface area contributed by atoms with Crippen LogP contribution < -0.4 is 10.6 Å². The molecule has 168 valence electrons. The van der Waals surface area contributed by atoms with Crippen molar-refractivity contribution in [3.8, 4) is 0 Å². The van der Waals surface area contributed by atoms with E-state index in [-0.39, 0.29) is 24.2 Å². The first-order valence-corrected chi connectivity index (χ1v) is 10.2. The summed E-state index contributed by atoms with van der Waals surface area (Å²) in [6.45, 7) is 4.92. The highest BCUT2D eigenvalue weighted by atomic mass is 79.9. The van der Waals surface area contributed by atoms with Gasteiger partial charge in [0.1, 0.15) is 11.3 Å². The van der Waals surface area contributed by atoms with Crippen molar-refractivity contribution in [1.29, 1.82) is 0 Å². The molecule has 2 rings (SSSR count). The van der Waals surface area contributed by atoms with Crippen LogP contribution in [-0.2, 0) is 17.3 Å². The number of amides is 2. The van der Waals surface area contributed by atoms with E-state index in [1.807, 2.05) is 0 Å². The zero-order valence-electron chi connectivity index (χ0n) is 17.2. The smallest absolute Gasteiger partial charge is 0.416 e. The molecule has 0 aliphatic carbocycles. The Labute approximate surface area is 186 Å². The van der Waals surface area contributed by atoms with Crippen LogP contribution in [0.4, 0.5) is 18.0 Å². The second-order valence-electron chi connectivity index (χ2n) is 7.77. The molecule has 0 bridgehead atoms. The lowest BCUT2D eigenvalue weighted by Crippen LogP contribution is -2.46. The number of alkyl carbamates (subject to hydrolysis) is 1. The van der Waals surface area contributed by atoms with E-state index in [2.05, 4.69) is 31.5 Å². The zero-order chi connectivity index (χ0) is 23.2. The summed E-state index contributed by atoms with van der Waals surface area (Å²) in [4.78, 5) is 28.5. The number of hydrogen-bond acceptors (Lipinski definition) is 4. The number of benzene rings is 1. The maximum absolute atomic E-state index is 13.4. The normalized spacial score (nSPS) is 12.7. The molecule has 2 N–H and O–H groups in total. The number of aromatic nitrogens is 1. The summed E-state index contributed by atoms with van der Waals surface area (Å²) >= 11 is 3.22. The molecule has 0 spiro atoms. The fourth-order valence-electron chi connectivity index (χ4n) is 2.70. The average Bonchev–Trinajstić information content (AvgIpc) is 2.65. The van der Waals surface area contributed by atoms with Crippen LogP contribution in [0.25, 0.3) is 0 Å². The fourth-order valence-corrected chi connectivity index (χ4v) is 2.94. The Balaban J connectivity index is 2.20. The van der Waals surface area contributed by atoms with Crippen LogP contribution in [0.15, 0.2) is 47.1 Å². The average molecular weight is 502 g/mol. The van der Waals surface area contributed by atoms with Crippen LogP contribution in [0.2, 0.25) is 0 Å². The molecular formula is C21H23BrF3N3O3. The number of ether oxygens (including phenoxy) is 1. The van der Waals surface area contributed by atoms with Crippen molar-refractivity contribution in [2.75, 3.05) is 6.54 Å². The van der Waals surface area contributed by atoms with E-state index in [9.17, 15) is 22.8 Å². The largest absolute Gasteiger partial charge is 0.444 e. The van der Waals surface area contributed by atoms with Crippen LogP contribution in [0.3, 0.4) is 0 Å². The molecule has 0 radical (unpaired) electrons. The van der Waals surface area contributed by atoms with E-state index in [1.165, 1.54) is 30.5 Å². The first-order chi connectivity index (χ1) is 14.3. The van der Waals surface area contributed by atoms with Gasteiger partial charge in [-0.05, 0) is 66.9 Å². The van der Waals surface area contributed by atoms with Gasteiger partial charge in [-0.25, -0.2) is 9.78 Å². The summed E-state index contributed by atoms with van der Waals surface area (Å²) in [7, 11) is 0. The van der Waals surface area contributed by atoms with Crippen LogP contribution >= 0.6 is 15.9 Å². The van der Waals surface area contributed by atoms with Crippen LogP contribution in [0.1, 0.15) is 42.4 Å². The number of rotatable bonds is 6. The van der Waals surface area contributed by atoms with E-state index >= 15 is 0 Å². The van der Waals surface area contributed by atoms with E-state index in [1.54, 1.807) is 26.8 Å². The Morgan fingerprint density at radius 2 is 1.81 bits per heavy atom. The van der Waals surface area contributed by atoms with Crippen molar-refractivity contribution in [3.63, 3.8) is 0 Å². The molecule has 10 heteroatoms. The van der Waals surface area contributed by atoms with Crippen molar-refractivity contribution in [2.24, 2.45) is 0 Å². The van der Waals surface area contributed by atoms with E-state index in [4.69, 9.17) is 4.74 Å². The van der Waals surface area contributed by atoms with Gasteiger partial charge < -0.3 is 15.4 Å². The van der Waals surface area contributed by atoms with Gasteiger partial charge in [0.25, 0.3) is 5.91 Å². The summed E-state index contributed by atoms with van der Waals surface area (Å²) in [5.74, 6) is -0.576. The highest BCUT2D eigenvalue weighted by Gasteiger charge is 2.33. The van der Waals surface area contributed by atoms with E-state index < -0.39 is 35.4 Å². The van der Waals surface area contributed by atoms with Crippen LogP contribution in [-0.4, -0.2) is 35.2 Å². The maximum atomic E-state index is 13.4. The molecule has 0 aliphatic rings. The second-order valence-corrected chi connectivity index (χ2v) is 8.69. The number of nitrogens with zero attached hydrogens (tertiary/aromatic N) is 1. The molecule has 0 saturated carbocycles. The predicted molar refractivity (Wildman–Crippen MR) is 113 cm³/mol. The first kappa shape index (κ1) is 24.6. The Morgan fingerprint density at radius 3 is 2.39 bits per heavy atom. The molecular weight excluding hydrogens is 479 g/mol. The summed E-state index contributed by atoms with van der Waals surface area (Å²) in [6, 6.07) is 7.36. The minimum atomic E-state index is -4.54. The number of hydrogen-bond donors (Lipinski definition) is 2. The fraction of sp³-hybridized carbons (Fsp3) is 0.381. The summed E-state index contributed by atoms with van der Waals surface area (Å²) in [6.07, 6.45) is -4.01. The van der Waals surface area contributed by atoms with E-state index in [0.717, 1.165) is 6.07 Å². The molecule has 0 aliphatic heterocycles. The lowest BCUT2D eigenvalue weighted by atomic mass is 9.99. The molecule has 0 unspecified atom stereocenters. The van der Waals surface area contributed by atoms with Gasteiger partial charge in [-0.2, -0.15) is 13.2 Å². The van der Waals surface area contributed by atoms with Crippen molar-refractivity contribution >= 4 is 27.9 Å². The van der Waals surface area contributed by atoms with Gasteiger partial charge in [0.15, 0.2) is 0 Å². The van der Waals surface area contributed by atoms with Crippen molar-refractivity contribution < 1.29 is 27.5 Å². The van der Waals surface area contributed by atoms with Gasteiger partial charge >= 0.3 is 12.3 Å². The number of nitrogens with one attached hydrogen (secondary N) is 2. The molecule has 1 aromatic heterocycles. The lowest BCUT2D eigenvalue weighted by Gasteiger charge is -2.23. The van der Waals surface area contributed by atoms with Crippen molar-refractivity contribution in [2.45, 2.75) is 45.0 Å². The Hall–Kier alpha value is -2.62. The molecule has 0 fully saturated rings. The van der Waals surface area contributed by atoms with Gasteiger partial charge in [-0.3, -0.25) is 4.79 Å². The first-order valence-electron chi connectivity index (χ1n) is 9.39. The zero-order valence-corrected chi connectivity index (χ0v) is 18.8. The molecule has 0 saturated heterocycles. The quantitative estimate of drug-likeness (QED) is 0.599. The molecule has 2 amide bonds. The SMILES string of the molecule is CC(C)(C)OC(=O)NC[C@H](Cc1ccccc1C(F)(F)F)NC(=O)c1ccc(Br)cn1. The molecule has 1 atom stereocenters. The Morgan fingerprint density at radius 1 is 1.13 bits per heavy atom. The standard InChI is InChI=1S/C21H23BrF3N3O3/c1-20(2,3)31-19(30)27-12-15(28-18(29)17-9-8-14(22)11-26-17)10-13-6-4-5-7-16(13)21(23,24)25/h4-9,11,15H,10,12H2,1-3H3,(H,27,30)(H,28,29)/t15-/m0/s1. The number of alkyl halides is 3. The minimum absolute atomic E-state index is 0.00458. The predicted octanol–water partition coefficient (Wildman–Crippen LogP) is 4.73. The summed E-state index contributed by atoms with van der Waals surface area (Å²) in [5, 5.41) is 5.14. The van der Waals surface area contributed by atoms with Gasteiger partial charge in [0.2, 0.25) is 0 Å². The summed E-state index contributed by atoms with van der Waals surface area (Å²) in [5.41, 5.74) is -1.45. The van der Waals surface area contributed by atoms with Gasteiger partial charge in [0, 0.05) is 17.2 Å². The molecule has 2 aromatic rings. The number of halogens is 4. The topological polar surface area (TPSA) is 80.3 Å². The third-order valence-corrected chi connectivity index (χ3v) is 4.45. The van der Waals surface area contributed by atoms with Gasteiger partial charge in [-0.15, -0.1) is 0 Å². The van der Waals surface area contributed by atoms with Gasteiger partial charge in [0.05, 0.1) is 11.6 Å². The number of carbonyl (C=O) groups is 2. The van der Waals surface area contributed by atoms with Crippen molar-refractivity contribution in [3.05, 3.63) is 63.9 Å². The Bertz CT molecular complexity index is 913. The number of pyridine rings is 1. The highest BCUT2D eigenvalue weighted by Crippen LogP contribution is 2.32. The van der Waals surface area contributed by atoms with Crippen LogP contribution in [0, 0.1) is 0 Å². The maximum Gasteiger partial charge on any atom is 0.416 e. The molecule has 1 aromatic carbocycles. The van der Waals surface area contributed by atoms with Gasteiger partial charge in [-0.1, -0.05) is 18.2 Å². The third-order valence-electron chi connectivity index (χ3n) is 3.98. The van der Waals surface area contributed by atoms with E-state index in [0.29, 0.717) is 4.47 Å². The van der Waals surface area contributed by atoms with Crippen molar-refractivity contribution in [1.82, 2.24) is 15.6 Å². The minimum Gasteiger partial charge on any atom is -0.444 e. The monoisotopic (exact) mass is 501 g/mol.